The molecule has 0 fully saturated rings. The average molecular weight is 453 g/mol. The maximum absolute atomic E-state index is 13.8. The number of fused-ring (bicyclic) bond motifs is 1. The predicted octanol–water partition coefficient (Wildman–Crippen LogP) is 5.06. The van der Waals surface area contributed by atoms with Crippen molar-refractivity contribution in [3.8, 4) is 5.75 Å². The molecule has 0 aromatic heterocycles. The molecule has 5 nitrogen and oxygen atoms in total. The van der Waals surface area contributed by atoms with Gasteiger partial charge in [-0.05, 0) is 53.3 Å². The van der Waals surface area contributed by atoms with Crippen LogP contribution in [0.2, 0.25) is 0 Å². The van der Waals surface area contributed by atoms with Gasteiger partial charge in [-0.1, -0.05) is 68.4 Å². The minimum Gasteiger partial charge on any atom is -0.493 e. The van der Waals surface area contributed by atoms with Gasteiger partial charge >= 0.3 is 0 Å². The van der Waals surface area contributed by atoms with Crippen LogP contribution >= 0.6 is 0 Å². The summed E-state index contributed by atoms with van der Waals surface area (Å²) in [5.74, 6) is 0.567. The van der Waals surface area contributed by atoms with Crippen molar-refractivity contribution >= 4 is 23.1 Å². The van der Waals surface area contributed by atoms with E-state index in [0.29, 0.717) is 42.6 Å². The molecule has 0 spiro atoms. The highest BCUT2D eigenvalue weighted by molar-refractivity contribution is 6.45. The first-order valence-corrected chi connectivity index (χ1v) is 11.8. The van der Waals surface area contributed by atoms with Gasteiger partial charge in [0, 0.05) is 13.1 Å². The fourth-order valence-electron chi connectivity index (χ4n) is 4.55. The van der Waals surface area contributed by atoms with Gasteiger partial charge < -0.3 is 9.64 Å². The number of hydrogen-bond donors (Lipinski definition) is 0. The van der Waals surface area contributed by atoms with Crippen molar-refractivity contribution in [3.05, 3.63) is 101 Å². The molecule has 0 radical (unpaired) electrons. The molecule has 2 aliphatic rings. The number of nitrogens with zero attached hydrogens (tertiary/aromatic N) is 2. The monoisotopic (exact) mass is 452 g/mol. The Morgan fingerprint density at radius 3 is 2.21 bits per heavy atom. The van der Waals surface area contributed by atoms with E-state index in [0.717, 1.165) is 17.7 Å². The third kappa shape index (κ3) is 4.10. The van der Waals surface area contributed by atoms with Crippen LogP contribution in [0.4, 0.5) is 5.69 Å². The van der Waals surface area contributed by atoms with E-state index in [1.165, 1.54) is 16.0 Å². The van der Waals surface area contributed by atoms with Crippen LogP contribution in [0.15, 0.2) is 84.6 Å². The molecule has 0 aliphatic carbocycles. The maximum Gasteiger partial charge on any atom is 0.282 e. The summed E-state index contributed by atoms with van der Waals surface area (Å²) in [6, 6.07) is 25.0. The lowest BCUT2D eigenvalue weighted by Crippen LogP contribution is -2.37. The second-order valence-corrected chi connectivity index (χ2v) is 9.17. The molecule has 0 atom stereocenters. The second-order valence-electron chi connectivity index (χ2n) is 9.17. The fraction of sp³-hybridized carbons (Fsp3) is 0.241. The first kappa shape index (κ1) is 22.0. The summed E-state index contributed by atoms with van der Waals surface area (Å²) in [5, 5.41) is 0. The number of rotatable bonds is 6. The smallest absolute Gasteiger partial charge is 0.282 e. The summed E-state index contributed by atoms with van der Waals surface area (Å²) in [4.78, 5) is 30.8. The topological polar surface area (TPSA) is 49.9 Å². The summed E-state index contributed by atoms with van der Waals surface area (Å²) in [6.07, 6.45) is 0.838. The van der Waals surface area contributed by atoms with Gasteiger partial charge in [-0.2, -0.15) is 0 Å². The largest absolute Gasteiger partial charge is 0.493 e. The van der Waals surface area contributed by atoms with Crippen LogP contribution in [-0.4, -0.2) is 29.9 Å². The Balaban J connectivity index is 1.50. The summed E-state index contributed by atoms with van der Waals surface area (Å²) < 4.78 is 5.77. The zero-order chi connectivity index (χ0) is 23.7. The molecular formula is C29H28N2O3. The lowest BCUT2D eigenvalue weighted by atomic mass is 9.98. The van der Waals surface area contributed by atoms with Gasteiger partial charge in [-0.3, -0.25) is 9.59 Å². The lowest BCUT2D eigenvalue weighted by Gasteiger charge is -2.31. The number of imide groups is 1. The van der Waals surface area contributed by atoms with Crippen molar-refractivity contribution in [2.75, 3.05) is 18.1 Å². The maximum atomic E-state index is 13.8. The summed E-state index contributed by atoms with van der Waals surface area (Å²) >= 11 is 0. The average Bonchev–Trinajstić information content (AvgIpc) is 3.13. The molecular weight excluding hydrogens is 424 g/mol. The lowest BCUT2D eigenvalue weighted by molar-refractivity contribution is -0.120. The van der Waals surface area contributed by atoms with E-state index in [9.17, 15) is 9.59 Å². The van der Waals surface area contributed by atoms with E-state index in [2.05, 4.69) is 30.9 Å². The number of amides is 2. The molecule has 3 aromatic carbocycles. The Morgan fingerprint density at radius 1 is 0.824 bits per heavy atom. The van der Waals surface area contributed by atoms with Gasteiger partial charge in [0.2, 0.25) is 0 Å². The molecule has 34 heavy (non-hydrogen) atoms. The van der Waals surface area contributed by atoms with Gasteiger partial charge in [0.15, 0.2) is 0 Å². The van der Waals surface area contributed by atoms with Gasteiger partial charge in [0.25, 0.3) is 11.8 Å². The molecule has 2 amide bonds. The minimum atomic E-state index is -0.291. The molecule has 172 valence electrons. The van der Waals surface area contributed by atoms with Crippen molar-refractivity contribution in [2.24, 2.45) is 5.92 Å². The zero-order valence-electron chi connectivity index (χ0n) is 19.5. The third-order valence-corrected chi connectivity index (χ3v) is 6.25. The molecule has 5 rings (SSSR count). The normalized spacial score (nSPS) is 15.9. The highest BCUT2D eigenvalue weighted by atomic mass is 16.5. The highest BCUT2D eigenvalue weighted by Gasteiger charge is 2.43. The van der Waals surface area contributed by atoms with Crippen LogP contribution < -0.4 is 9.64 Å². The highest BCUT2D eigenvalue weighted by Crippen LogP contribution is 2.37. The number of carbonyl (C=O) groups excluding carboxylic acids is 2. The number of benzene rings is 3. The molecule has 0 saturated carbocycles. The summed E-state index contributed by atoms with van der Waals surface area (Å²) in [6.45, 7) is 6.09. The number of anilines is 1. The van der Waals surface area contributed by atoms with E-state index in [1.54, 1.807) is 12.1 Å². The molecule has 0 saturated heterocycles. The molecule has 0 bridgehead atoms. The first-order chi connectivity index (χ1) is 16.5. The van der Waals surface area contributed by atoms with Gasteiger partial charge in [0.1, 0.15) is 11.4 Å². The van der Waals surface area contributed by atoms with Crippen molar-refractivity contribution in [1.29, 1.82) is 0 Å². The van der Waals surface area contributed by atoms with Crippen molar-refractivity contribution in [1.82, 2.24) is 4.90 Å². The van der Waals surface area contributed by atoms with Gasteiger partial charge in [-0.15, -0.1) is 0 Å². The Labute approximate surface area is 200 Å². The fourth-order valence-corrected chi connectivity index (χ4v) is 4.55. The predicted molar refractivity (Wildman–Crippen MR) is 133 cm³/mol. The number of hydrogen-bond acceptors (Lipinski definition) is 4. The van der Waals surface area contributed by atoms with E-state index < -0.39 is 0 Å². The quantitative estimate of drug-likeness (QED) is 0.491. The van der Waals surface area contributed by atoms with Crippen molar-refractivity contribution in [2.45, 2.75) is 26.8 Å². The van der Waals surface area contributed by atoms with E-state index in [4.69, 9.17) is 4.74 Å². The Morgan fingerprint density at radius 2 is 1.50 bits per heavy atom. The molecule has 2 heterocycles. The molecule has 5 heteroatoms. The van der Waals surface area contributed by atoms with Crippen LogP contribution in [0.25, 0.3) is 5.57 Å². The van der Waals surface area contributed by atoms with Crippen LogP contribution in [0.1, 0.15) is 30.5 Å². The van der Waals surface area contributed by atoms with Gasteiger partial charge in [-0.25, -0.2) is 4.90 Å². The number of carbonyl (C=O) groups is 2. The first-order valence-electron chi connectivity index (χ1n) is 11.8. The van der Waals surface area contributed by atoms with Crippen molar-refractivity contribution < 1.29 is 14.3 Å². The third-order valence-electron chi connectivity index (χ3n) is 6.25. The minimum absolute atomic E-state index is 0.279. The van der Waals surface area contributed by atoms with Crippen LogP contribution in [0.3, 0.4) is 0 Å². The zero-order valence-corrected chi connectivity index (χ0v) is 19.5. The molecule has 3 aromatic rings. The van der Waals surface area contributed by atoms with Crippen LogP contribution in [-0.2, 0) is 22.6 Å². The SMILES string of the molecule is CC(C)COc1ccc(N2C(=O)C(c3ccccc3)=C(N3CCc4ccccc4C3)C2=O)cc1. The molecule has 0 unspecified atom stereocenters. The van der Waals surface area contributed by atoms with E-state index in [1.807, 2.05) is 54.6 Å². The molecule has 0 N–H and O–H groups in total. The van der Waals surface area contributed by atoms with Crippen molar-refractivity contribution in [3.63, 3.8) is 0 Å². The van der Waals surface area contributed by atoms with Gasteiger partial charge in [0.05, 0.1) is 17.9 Å². The van der Waals surface area contributed by atoms with Crippen LogP contribution in [0, 0.1) is 5.92 Å². The summed E-state index contributed by atoms with van der Waals surface area (Å²) in [7, 11) is 0. The Hall–Kier alpha value is -3.86. The van der Waals surface area contributed by atoms with Crippen LogP contribution in [0.5, 0.6) is 5.75 Å². The number of ether oxygens (including phenoxy) is 1. The van der Waals surface area contributed by atoms with E-state index in [-0.39, 0.29) is 11.8 Å². The summed E-state index contributed by atoms with van der Waals surface area (Å²) in [5.41, 5.74) is 4.74. The second kappa shape index (κ2) is 9.18. The Bertz CT molecular complexity index is 1250. The standard InChI is InChI=1S/C29H28N2O3/c1-20(2)19-34-25-14-12-24(13-15-25)31-28(32)26(22-9-4-3-5-10-22)27(29(31)33)30-17-16-21-8-6-7-11-23(21)18-30/h3-15,20H,16-19H2,1-2H3. The Kier molecular flexibility index (Phi) is 5.93. The van der Waals surface area contributed by atoms with E-state index >= 15 is 0 Å². The molecule has 2 aliphatic heterocycles.